The Labute approximate surface area is 97.0 Å². The van der Waals surface area contributed by atoms with E-state index in [0.29, 0.717) is 19.1 Å². The van der Waals surface area contributed by atoms with E-state index < -0.39 is 6.10 Å². The van der Waals surface area contributed by atoms with Crippen molar-refractivity contribution in [2.45, 2.75) is 26.4 Å². The molecule has 0 aromatic carbocycles. The maximum atomic E-state index is 8.93. The molecule has 0 aliphatic heterocycles. The number of rotatable bonds is 6. The number of aliphatic hydroxyl groups excluding tert-OH is 1. The van der Waals surface area contributed by atoms with E-state index in [2.05, 4.69) is 13.8 Å². The fourth-order valence-corrected chi connectivity index (χ4v) is 0.582. The van der Waals surface area contributed by atoms with Gasteiger partial charge in [0.1, 0.15) is 0 Å². The second-order valence-electron chi connectivity index (χ2n) is 2.91. The van der Waals surface area contributed by atoms with Crippen molar-refractivity contribution in [3.05, 3.63) is 5.73 Å². The Morgan fingerprint density at radius 3 is 2.42 bits per heavy atom. The van der Waals surface area contributed by atoms with Crippen molar-refractivity contribution in [1.29, 1.82) is 0 Å². The summed E-state index contributed by atoms with van der Waals surface area (Å²) in [6.45, 7) is 5.23. The predicted molar refractivity (Wildman–Crippen MR) is 45.5 cm³/mol. The summed E-state index contributed by atoms with van der Waals surface area (Å²) in [5.41, 5.74) is 6.81. The minimum atomic E-state index is -0.612. The van der Waals surface area contributed by atoms with Crippen LogP contribution in [0.15, 0.2) is 0 Å². The Balaban J connectivity index is 0. The van der Waals surface area contributed by atoms with Gasteiger partial charge in [-0.15, -0.1) is 6.54 Å². The van der Waals surface area contributed by atoms with Crippen molar-refractivity contribution in [1.82, 2.24) is 0 Å². The SMILES string of the molecule is CCC(C)COCC(O)C[NH-].[Na+]. The van der Waals surface area contributed by atoms with E-state index in [1.54, 1.807) is 0 Å². The predicted octanol–water partition coefficient (Wildman–Crippen LogP) is -1.53. The summed E-state index contributed by atoms with van der Waals surface area (Å²) in [5, 5.41) is 8.93. The summed E-state index contributed by atoms with van der Waals surface area (Å²) < 4.78 is 5.17. The van der Waals surface area contributed by atoms with Crippen LogP contribution in [0.5, 0.6) is 0 Å². The van der Waals surface area contributed by atoms with E-state index >= 15 is 0 Å². The Kier molecular flexibility index (Phi) is 12.8. The maximum Gasteiger partial charge on any atom is 1.00 e. The summed E-state index contributed by atoms with van der Waals surface area (Å²) in [6.07, 6.45) is 0.482. The molecule has 0 spiro atoms. The molecule has 12 heavy (non-hydrogen) atoms. The number of hydrogen-bond donors (Lipinski definition) is 1. The van der Waals surface area contributed by atoms with Gasteiger partial charge in [0, 0.05) is 6.61 Å². The summed E-state index contributed by atoms with van der Waals surface area (Å²) in [7, 11) is 0. The number of aliphatic hydroxyl groups is 1. The first kappa shape index (κ1) is 15.4. The first-order valence-corrected chi connectivity index (χ1v) is 4.11. The zero-order chi connectivity index (χ0) is 8.69. The Morgan fingerprint density at radius 1 is 1.42 bits per heavy atom. The largest absolute Gasteiger partial charge is 1.00 e. The van der Waals surface area contributed by atoms with Crippen LogP contribution < -0.4 is 29.6 Å². The van der Waals surface area contributed by atoms with Crippen molar-refractivity contribution in [2.24, 2.45) is 5.92 Å². The molecule has 0 amide bonds. The third-order valence-electron chi connectivity index (χ3n) is 1.65. The van der Waals surface area contributed by atoms with Crippen molar-refractivity contribution in [3.63, 3.8) is 0 Å². The van der Waals surface area contributed by atoms with Gasteiger partial charge < -0.3 is 15.6 Å². The molecule has 0 fully saturated rings. The maximum absolute atomic E-state index is 8.93. The van der Waals surface area contributed by atoms with Gasteiger partial charge in [-0.3, -0.25) is 0 Å². The molecule has 0 radical (unpaired) electrons. The second kappa shape index (κ2) is 9.96. The molecule has 0 saturated carbocycles. The number of ether oxygens (including phenoxy) is 1. The Morgan fingerprint density at radius 2 is 2.00 bits per heavy atom. The van der Waals surface area contributed by atoms with E-state index in [9.17, 15) is 0 Å². The van der Waals surface area contributed by atoms with Gasteiger partial charge in [-0.2, -0.15) is 0 Å². The molecule has 0 aromatic rings. The summed E-state index contributed by atoms with van der Waals surface area (Å²) in [4.78, 5) is 0. The van der Waals surface area contributed by atoms with Crippen LogP contribution in [0.1, 0.15) is 20.3 Å². The third-order valence-corrected chi connectivity index (χ3v) is 1.65. The average molecular weight is 183 g/mol. The van der Waals surface area contributed by atoms with Crippen molar-refractivity contribution in [2.75, 3.05) is 19.8 Å². The van der Waals surface area contributed by atoms with Gasteiger partial charge in [-0.25, -0.2) is 0 Å². The van der Waals surface area contributed by atoms with Crippen LogP contribution in [0.4, 0.5) is 0 Å². The third kappa shape index (κ3) is 8.97. The molecule has 0 rings (SSSR count). The first-order valence-electron chi connectivity index (χ1n) is 4.11. The molecular weight excluding hydrogens is 165 g/mol. The zero-order valence-corrected chi connectivity index (χ0v) is 10.3. The molecule has 3 nitrogen and oxygen atoms in total. The van der Waals surface area contributed by atoms with Gasteiger partial charge in [0.25, 0.3) is 0 Å². The molecule has 0 saturated heterocycles. The van der Waals surface area contributed by atoms with Gasteiger partial charge in [0.15, 0.2) is 0 Å². The zero-order valence-electron chi connectivity index (χ0n) is 8.34. The van der Waals surface area contributed by atoms with Crippen LogP contribution in [0.2, 0.25) is 0 Å². The van der Waals surface area contributed by atoms with Gasteiger partial charge in [0.05, 0.1) is 12.7 Å². The molecular formula is C8H18NNaO2. The monoisotopic (exact) mass is 183 g/mol. The van der Waals surface area contributed by atoms with Gasteiger partial charge in [-0.05, 0) is 5.92 Å². The molecule has 0 aromatic heterocycles. The van der Waals surface area contributed by atoms with E-state index in [1.165, 1.54) is 0 Å². The Bertz CT molecular complexity index is 83.1. The normalized spacial score (nSPS) is 15.0. The number of nitrogens with one attached hydrogen (secondary N) is 1. The van der Waals surface area contributed by atoms with Crippen molar-refractivity contribution >= 4 is 0 Å². The summed E-state index contributed by atoms with van der Waals surface area (Å²) >= 11 is 0. The molecule has 68 valence electrons. The molecule has 4 heteroatoms. The fourth-order valence-electron chi connectivity index (χ4n) is 0.582. The quantitative estimate of drug-likeness (QED) is 0.508. The summed E-state index contributed by atoms with van der Waals surface area (Å²) in [5.74, 6) is 0.549. The molecule has 2 N–H and O–H groups in total. The first-order chi connectivity index (χ1) is 5.20. The van der Waals surface area contributed by atoms with Gasteiger partial charge in [-0.1, -0.05) is 20.3 Å². The molecule has 0 aliphatic rings. The average Bonchev–Trinajstić information content (AvgIpc) is 2.04. The summed E-state index contributed by atoms with van der Waals surface area (Å²) in [6, 6.07) is 0. The molecule has 0 bridgehead atoms. The molecule has 0 aliphatic carbocycles. The van der Waals surface area contributed by atoms with Crippen molar-refractivity contribution in [3.8, 4) is 0 Å². The van der Waals surface area contributed by atoms with Gasteiger partial charge >= 0.3 is 29.6 Å². The van der Waals surface area contributed by atoms with Crippen LogP contribution in [0.25, 0.3) is 5.73 Å². The fraction of sp³-hybridized carbons (Fsp3) is 1.00. The van der Waals surface area contributed by atoms with E-state index in [1.807, 2.05) is 0 Å². The van der Waals surface area contributed by atoms with Crippen LogP contribution in [-0.2, 0) is 4.74 Å². The van der Waals surface area contributed by atoms with Crippen molar-refractivity contribution < 1.29 is 39.4 Å². The Hall–Kier alpha value is 0.880. The smallest absolute Gasteiger partial charge is 0.675 e. The second-order valence-corrected chi connectivity index (χ2v) is 2.91. The van der Waals surface area contributed by atoms with Crippen LogP contribution >= 0.6 is 0 Å². The standard InChI is InChI=1S/C8H18NO2.Na/c1-3-7(2)5-11-6-8(10)4-9;/h7-10H,3-6H2,1-2H3;/q-1;+1. The topological polar surface area (TPSA) is 53.3 Å². The minimum Gasteiger partial charge on any atom is -0.675 e. The van der Waals surface area contributed by atoms with E-state index in [-0.39, 0.29) is 36.1 Å². The minimum absolute atomic E-state index is 0. The van der Waals surface area contributed by atoms with Crippen LogP contribution in [-0.4, -0.2) is 31.0 Å². The van der Waals surface area contributed by atoms with Crippen LogP contribution in [0.3, 0.4) is 0 Å². The molecule has 0 heterocycles. The van der Waals surface area contributed by atoms with Crippen LogP contribution in [0, 0.1) is 5.92 Å². The van der Waals surface area contributed by atoms with E-state index in [4.69, 9.17) is 15.6 Å². The van der Waals surface area contributed by atoms with Gasteiger partial charge in [0.2, 0.25) is 0 Å². The van der Waals surface area contributed by atoms with E-state index in [0.717, 1.165) is 6.42 Å². The molecule has 2 atom stereocenters. The molecule has 2 unspecified atom stereocenters. The number of hydrogen-bond acceptors (Lipinski definition) is 2.